The van der Waals surface area contributed by atoms with Crippen molar-refractivity contribution in [2.24, 2.45) is 0 Å². The summed E-state index contributed by atoms with van der Waals surface area (Å²) in [6.07, 6.45) is 0.818. The predicted molar refractivity (Wildman–Crippen MR) is 110 cm³/mol. The highest BCUT2D eigenvalue weighted by Crippen LogP contribution is 2.20. The first kappa shape index (κ1) is 21.3. The maximum atomic E-state index is 13.8. The van der Waals surface area contributed by atoms with Crippen LogP contribution in [0.3, 0.4) is 0 Å². The third-order valence-corrected chi connectivity index (χ3v) is 5.16. The van der Waals surface area contributed by atoms with Crippen LogP contribution in [0.2, 0.25) is 5.02 Å². The van der Waals surface area contributed by atoms with Gasteiger partial charge in [-0.2, -0.15) is 0 Å². The Morgan fingerprint density at radius 3 is 2.67 bits per heavy atom. The second kappa shape index (κ2) is 10.3. The number of carbonyl (C=O) groups is 2. The lowest BCUT2D eigenvalue weighted by molar-refractivity contribution is -0.113. The Hall–Kier alpha value is -2.05. The number of amides is 2. The molecule has 0 heterocycles. The van der Waals surface area contributed by atoms with E-state index in [2.05, 4.69) is 10.6 Å². The van der Waals surface area contributed by atoms with E-state index in [0.717, 1.165) is 6.42 Å². The fraction of sp³-hybridized carbons (Fsp3) is 0.300. The van der Waals surface area contributed by atoms with Gasteiger partial charge in [0, 0.05) is 16.8 Å². The van der Waals surface area contributed by atoms with E-state index < -0.39 is 0 Å². The Bertz CT molecular complexity index is 816. The largest absolute Gasteiger partial charge is 0.350 e. The van der Waals surface area contributed by atoms with Crippen LogP contribution in [0, 0.1) is 5.82 Å². The molecule has 7 heteroatoms. The fourth-order valence-corrected chi connectivity index (χ4v) is 3.24. The lowest BCUT2D eigenvalue weighted by Crippen LogP contribution is -2.32. The van der Waals surface area contributed by atoms with Crippen molar-refractivity contribution in [3.63, 3.8) is 0 Å². The second-order valence-corrected chi connectivity index (χ2v) is 7.53. The summed E-state index contributed by atoms with van der Waals surface area (Å²) in [5.41, 5.74) is 1.37. The molecule has 2 aromatic rings. The molecule has 0 radical (unpaired) electrons. The van der Waals surface area contributed by atoms with Gasteiger partial charge in [-0.25, -0.2) is 4.39 Å². The molecule has 0 bridgehead atoms. The molecule has 4 nitrogen and oxygen atoms in total. The highest BCUT2D eigenvalue weighted by atomic mass is 35.5. The Balaban J connectivity index is 1.93. The summed E-state index contributed by atoms with van der Waals surface area (Å²) in [5, 5.41) is 5.98. The van der Waals surface area contributed by atoms with Crippen LogP contribution < -0.4 is 10.6 Å². The Labute approximate surface area is 167 Å². The third-order valence-electron chi connectivity index (χ3n) is 3.94. The highest BCUT2D eigenvalue weighted by molar-refractivity contribution is 7.99. The van der Waals surface area contributed by atoms with Gasteiger partial charge in [0.1, 0.15) is 5.82 Å². The smallest absolute Gasteiger partial charge is 0.253 e. The van der Waals surface area contributed by atoms with E-state index in [1.807, 2.05) is 13.8 Å². The Morgan fingerprint density at radius 1 is 1.22 bits per heavy atom. The minimum atomic E-state index is -0.387. The van der Waals surface area contributed by atoms with E-state index in [0.29, 0.717) is 27.6 Å². The summed E-state index contributed by atoms with van der Waals surface area (Å²) in [5.74, 6) is -0.368. The van der Waals surface area contributed by atoms with E-state index in [9.17, 15) is 14.0 Å². The summed E-state index contributed by atoms with van der Waals surface area (Å²) in [6.45, 7) is 3.91. The zero-order valence-corrected chi connectivity index (χ0v) is 16.8. The first-order valence-electron chi connectivity index (χ1n) is 8.62. The van der Waals surface area contributed by atoms with Gasteiger partial charge in [0.15, 0.2) is 0 Å². The number of hydrogen-bond acceptors (Lipinski definition) is 3. The minimum absolute atomic E-state index is 0.0473. The van der Waals surface area contributed by atoms with Gasteiger partial charge in [-0.05, 0) is 43.2 Å². The van der Waals surface area contributed by atoms with Gasteiger partial charge < -0.3 is 10.6 Å². The van der Waals surface area contributed by atoms with Crippen molar-refractivity contribution in [2.75, 3.05) is 11.1 Å². The lowest BCUT2D eigenvalue weighted by atomic mass is 10.1. The summed E-state index contributed by atoms with van der Waals surface area (Å²) in [7, 11) is 0. The zero-order valence-electron chi connectivity index (χ0n) is 15.2. The molecule has 0 fully saturated rings. The van der Waals surface area contributed by atoms with Crippen LogP contribution >= 0.6 is 23.4 Å². The zero-order chi connectivity index (χ0) is 19.8. The Morgan fingerprint density at radius 2 is 1.96 bits per heavy atom. The molecule has 0 aliphatic heterocycles. The molecule has 1 atom stereocenters. The summed E-state index contributed by atoms with van der Waals surface area (Å²) < 4.78 is 13.8. The van der Waals surface area contributed by atoms with Gasteiger partial charge in [0.2, 0.25) is 5.91 Å². The molecule has 2 rings (SSSR count). The number of para-hydroxylation sites is 1. The maximum Gasteiger partial charge on any atom is 0.253 e. The number of nitrogens with one attached hydrogen (secondary N) is 2. The Kier molecular flexibility index (Phi) is 8.13. The molecule has 0 saturated heterocycles. The number of anilines is 1. The topological polar surface area (TPSA) is 58.2 Å². The molecule has 27 heavy (non-hydrogen) atoms. The molecule has 0 aromatic heterocycles. The number of carbonyl (C=O) groups excluding carboxylic acids is 2. The van der Waals surface area contributed by atoms with Crippen molar-refractivity contribution in [1.29, 1.82) is 0 Å². The molecule has 0 aliphatic rings. The third kappa shape index (κ3) is 6.56. The van der Waals surface area contributed by atoms with E-state index >= 15 is 0 Å². The second-order valence-electron chi connectivity index (χ2n) is 6.11. The average molecular weight is 409 g/mol. The van der Waals surface area contributed by atoms with Crippen LogP contribution in [-0.2, 0) is 10.5 Å². The molecule has 144 valence electrons. The first-order valence-corrected chi connectivity index (χ1v) is 10.2. The van der Waals surface area contributed by atoms with E-state index in [1.165, 1.54) is 17.8 Å². The number of halogens is 2. The van der Waals surface area contributed by atoms with E-state index in [-0.39, 0.29) is 29.4 Å². The van der Waals surface area contributed by atoms with Crippen molar-refractivity contribution in [1.82, 2.24) is 5.32 Å². The predicted octanol–water partition coefficient (Wildman–Crippen LogP) is 4.88. The molecule has 0 saturated carbocycles. The minimum Gasteiger partial charge on any atom is -0.350 e. The molecule has 2 N–H and O–H groups in total. The molecule has 0 aliphatic carbocycles. The highest BCUT2D eigenvalue weighted by Gasteiger charge is 2.14. The van der Waals surface area contributed by atoms with Gasteiger partial charge in [0.05, 0.1) is 17.0 Å². The lowest BCUT2D eigenvalue weighted by Gasteiger charge is -2.14. The standard InChI is InChI=1S/C20H22ClFN2O2S/c1-3-13(2)23-20(26)16-6-4-5-7-18(16)24-19(25)12-27-11-14-8-9-15(21)10-17(14)22/h4-10,13H,3,11-12H2,1-2H3,(H,23,26)(H,24,25)/t13-/m1/s1. The molecular formula is C20H22ClFN2O2S. The van der Waals surface area contributed by atoms with Gasteiger partial charge in [0.25, 0.3) is 5.91 Å². The quantitative estimate of drug-likeness (QED) is 0.654. The summed E-state index contributed by atoms with van der Waals surface area (Å²) in [4.78, 5) is 24.6. The number of hydrogen-bond donors (Lipinski definition) is 2. The van der Waals surface area contributed by atoms with Crippen molar-refractivity contribution in [3.05, 3.63) is 64.4 Å². The summed E-state index contributed by atoms with van der Waals surface area (Å²) >= 11 is 7.02. The summed E-state index contributed by atoms with van der Waals surface area (Å²) in [6, 6.07) is 11.4. The molecule has 2 amide bonds. The van der Waals surface area contributed by atoms with Crippen LogP contribution in [0.1, 0.15) is 36.2 Å². The molecule has 0 spiro atoms. The van der Waals surface area contributed by atoms with Crippen LogP contribution in [0.4, 0.5) is 10.1 Å². The fourth-order valence-electron chi connectivity index (χ4n) is 2.27. The van der Waals surface area contributed by atoms with Crippen molar-refractivity contribution in [2.45, 2.75) is 32.1 Å². The van der Waals surface area contributed by atoms with Crippen LogP contribution in [0.5, 0.6) is 0 Å². The number of benzene rings is 2. The van der Waals surface area contributed by atoms with Gasteiger partial charge >= 0.3 is 0 Å². The van der Waals surface area contributed by atoms with Gasteiger partial charge in [-0.1, -0.05) is 36.7 Å². The maximum absolute atomic E-state index is 13.8. The average Bonchev–Trinajstić information content (AvgIpc) is 2.63. The van der Waals surface area contributed by atoms with Crippen LogP contribution in [0.15, 0.2) is 42.5 Å². The molecule has 2 aromatic carbocycles. The van der Waals surface area contributed by atoms with Crippen molar-refractivity contribution in [3.8, 4) is 0 Å². The van der Waals surface area contributed by atoms with Gasteiger partial charge in [-0.15, -0.1) is 11.8 Å². The first-order chi connectivity index (χ1) is 12.9. The van der Waals surface area contributed by atoms with E-state index in [4.69, 9.17) is 11.6 Å². The van der Waals surface area contributed by atoms with Crippen LogP contribution in [-0.4, -0.2) is 23.6 Å². The van der Waals surface area contributed by atoms with Crippen molar-refractivity contribution >= 4 is 40.9 Å². The number of thioether (sulfide) groups is 1. The molecule has 0 unspecified atom stereocenters. The van der Waals surface area contributed by atoms with E-state index in [1.54, 1.807) is 36.4 Å². The SMILES string of the molecule is CC[C@@H](C)NC(=O)c1ccccc1NC(=O)CSCc1ccc(Cl)cc1F. The van der Waals surface area contributed by atoms with Crippen LogP contribution in [0.25, 0.3) is 0 Å². The molecular weight excluding hydrogens is 387 g/mol. The van der Waals surface area contributed by atoms with Gasteiger partial charge in [-0.3, -0.25) is 9.59 Å². The monoisotopic (exact) mass is 408 g/mol. The van der Waals surface area contributed by atoms with Crippen molar-refractivity contribution < 1.29 is 14.0 Å². The number of rotatable bonds is 8. The normalized spacial score (nSPS) is 11.7.